The fourth-order valence-electron chi connectivity index (χ4n) is 2.36. The van der Waals surface area contributed by atoms with Crippen molar-refractivity contribution in [2.24, 2.45) is 0 Å². The van der Waals surface area contributed by atoms with Crippen molar-refractivity contribution in [2.75, 3.05) is 7.11 Å². The van der Waals surface area contributed by atoms with E-state index in [9.17, 15) is 0 Å². The SMILES string of the molecule is CCCc1ccc([C@@H](C)/C=C/c2ccc(OC)cc2)cc1. The van der Waals surface area contributed by atoms with Crippen molar-refractivity contribution in [2.45, 2.75) is 32.6 Å². The van der Waals surface area contributed by atoms with Crippen LogP contribution in [0.4, 0.5) is 0 Å². The Morgan fingerprint density at radius 3 is 2.24 bits per heavy atom. The van der Waals surface area contributed by atoms with Gasteiger partial charge in [-0.15, -0.1) is 0 Å². The van der Waals surface area contributed by atoms with Crippen LogP contribution in [0, 0.1) is 0 Å². The molecule has 0 saturated carbocycles. The molecule has 0 amide bonds. The molecule has 0 N–H and O–H groups in total. The summed E-state index contributed by atoms with van der Waals surface area (Å²) in [4.78, 5) is 0. The number of benzene rings is 2. The number of ether oxygens (including phenoxy) is 1. The van der Waals surface area contributed by atoms with E-state index < -0.39 is 0 Å². The quantitative estimate of drug-likeness (QED) is 0.682. The smallest absolute Gasteiger partial charge is 0.118 e. The Bertz CT molecular complexity index is 564. The molecule has 21 heavy (non-hydrogen) atoms. The second kappa shape index (κ2) is 7.68. The van der Waals surface area contributed by atoms with E-state index in [0.29, 0.717) is 5.92 Å². The topological polar surface area (TPSA) is 9.23 Å². The monoisotopic (exact) mass is 280 g/mol. The number of hydrogen-bond acceptors (Lipinski definition) is 1. The maximum absolute atomic E-state index is 5.17. The Kier molecular flexibility index (Phi) is 5.62. The van der Waals surface area contributed by atoms with E-state index in [1.807, 2.05) is 12.1 Å². The third-order valence-electron chi connectivity index (χ3n) is 3.74. The lowest BCUT2D eigenvalue weighted by atomic mass is 9.97. The number of methoxy groups -OCH3 is 1. The van der Waals surface area contributed by atoms with Gasteiger partial charge in [0.15, 0.2) is 0 Å². The van der Waals surface area contributed by atoms with Gasteiger partial charge >= 0.3 is 0 Å². The number of rotatable bonds is 6. The van der Waals surface area contributed by atoms with E-state index in [2.05, 4.69) is 62.4 Å². The zero-order valence-electron chi connectivity index (χ0n) is 13.2. The number of hydrogen-bond donors (Lipinski definition) is 0. The van der Waals surface area contributed by atoms with E-state index >= 15 is 0 Å². The summed E-state index contributed by atoms with van der Waals surface area (Å²) in [6, 6.07) is 17.1. The maximum Gasteiger partial charge on any atom is 0.118 e. The molecule has 1 heteroatoms. The average molecular weight is 280 g/mol. The van der Waals surface area contributed by atoms with Gasteiger partial charge < -0.3 is 4.74 Å². The minimum Gasteiger partial charge on any atom is -0.497 e. The van der Waals surface area contributed by atoms with Crippen LogP contribution in [-0.4, -0.2) is 7.11 Å². The molecule has 2 aromatic rings. The van der Waals surface area contributed by atoms with Gasteiger partial charge in [-0.25, -0.2) is 0 Å². The van der Waals surface area contributed by atoms with Gasteiger partial charge in [-0.05, 0) is 41.2 Å². The first-order valence-corrected chi connectivity index (χ1v) is 7.64. The Morgan fingerprint density at radius 1 is 1.00 bits per heavy atom. The molecule has 0 aliphatic heterocycles. The van der Waals surface area contributed by atoms with Crippen molar-refractivity contribution < 1.29 is 4.74 Å². The average Bonchev–Trinajstić information content (AvgIpc) is 2.54. The second-order valence-corrected chi connectivity index (χ2v) is 5.41. The van der Waals surface area contributed by atoms with Gasteiger partial charge in [0.25, 0.3) is 0 Å². The molecule has 0 bridgehead atoms. The number of aryl methyl sites for hydroxylation is 1. The standard InChI is InChI=1S/C20H24O/c1-4-5-17-8-12-19(13-9-17)16(2)6-7-18-10-14-20(21-3)15-11-18/h6-16H,4-5H2,1-3H3/b7-6+/t16-/m0/s1. The van der Waals surface area contributed by atoms with E-state index in [1.54, 1.807) is 7.11 Å². The molecular formula is C20H24O. The first-order valence-electron chi connectivity index (χ1n) is 7.64. The summed E-state index contributed by atoms with van der Waals surface area (Å²) in [5.41, 5.74) is 3.98. The highest BCUT2D eigenvalue weighted by Crippen LogP contribution is 2.20. The molecule has 1 nitrogen and oxygen atoms in total. The van der Waals surface area contributed by atoms with Crippen LogP contribution in [-0.2, 0) is 6.42 Å². The molecule has 0 unspecified atom stereocenters. The van der Waals surface area contributed by atoms with Crippen LogP contribution < -0.4 is 4.74 Å². The van der Waals surface area contributed by atoms with Crippen molar-refractivity contribution in [3.63, 3.8) is 0 Å². The van der Waals surface area contributed by atoms with Crippen LogP contribution in [0.5, 0.6) is 5.75 Å². The summed E-state index contributed by atoms with van der Waals surface area (Å²) in [5, 5.41) is 0. The van der Waals surface area contributed by atoms with Gasteiger partial charge in [-0.1, -0.05) is 68.8 Å². The zero-order valence-corrected chi connectivity index (χ0v) is 13.2. The summed E-state index contributed by atoms with van der Waals surface area (Å²) in [7, 11) is 1.69. The second-order valence-electron chi connectivity index (χ2n) is 5.41. The van der Waals surface area contributed by atoms with Crippen molar-refractivity contribution in [3.05, 3.63) is 71.3 Å². The van der Waals surface area contributed by atoms with E-state index in [0.717, 1.165) is 12.2 Å². The van der Waals surface area contributed by atoms with Crippen LogP contribution in [0.15, 0.2) is 54.6 Å². The van der Waals surface area contributed by atoms with Gasteiger partial charge in [0.1, 0.15) is 5.75 Å². The Labute approximate surface area is 128 Å². The van der Waals surface area contributed by atoms with Crippen molar-refractivity contribution >= 4 is 6.08 Å². The molecule has 2 aromatic carbocycles. The highest BCUT2D eigenvalue weighted by molar-refractivity contribution is 5.52. The lowest BCUT2D eigenvalue weighted by Gasteiger charge is -2.08. The van der Waals surface area contributed by atoms with Crippen molar-refractivity contribution in [1.29, 1.82) is 0 Å². The summed E-state index contributed by atoms with van der Waals surface area (Å²) >= 11 is 0. The molecule has 0 heterocycles. The molecule has 0 aliphatic carbocycles. The molecule has 110 valence electrons. The predicted molar refractivity (Wildman–Crippen MR) is 90.9 cm³/mol. The molecule has 2 rings (SSSR count). The predicted octanol–water partition coefficient (Wildman–Crippen LogP) is 5.46. The summed E-state index contributed by atoms with van der Waals surface area (Å²) < 4.78 is 5.17. The molecule has 0 spiro atoms. The zero-order chi connectivity index (χ0) is 15.1. The molecule has 0 radical (unpaired) electrons. The Balaban J connectivity index is 2.01. The largest absolute Gasteiger partial charge is 0.497 e. The molecule has 1 atom stereocenters. The van der Waals surface area contributed by atoms with Gasteiger partial charge in [-0.3, -0.25) is 0 Å². The minimum absolute atomic E-state index is 0.419. The summed E-state index contributed by atoms with van der Waals surface area (Å²) in [6.07, 6.45) is 6.78. The number of allylic oxidation sites excluding steroid dienone is 1. The first kappa shape index (κ1) is 15.4. The molecule has 0 aliphatic rings. The van der Waals surface area contributed by atoms with Gasteiger partial charge in [0.2, 0.25) is 0 Å². The summed E-state index contributed by atoms with van der Waals surface area (Å²) in [5.74, 6) is 1.31. The van der Waals surface area contributed by atoms with E-state index in [1.165, 1.54) is 23.1 Å². The van der Waals surface area contributed by atoms with Crippen LogP contribution in [0.1, 0.15) is 42.9 Å². The van der Waals surface area contributed by atoms with Crippen molar-refractivity contribution in [1.82, 2.24) is 0 Å². The molecule has 0 saturated heterocycles. The van der Waals surface area contributed by atoms with Crippen LogP contribution in [0.2, 0.25) is 0 Å². The fraction of sp³-hybridized carbons (Fsp3) is 0.300. The third kappa shape index (κ3) is 4.49. The van der Waals surface area contributed by atoms with E-state index in [4.69, 9.17) is 4.74 Å². The Morgan fingerprint density at radius 2 is 1.67 bits per heavy atom. The summed E-state index contributed by atoms with van der Waals surface area (Å²) in [6.45, 7) is 4.45. The van der Waals surface area contributed by atoms with Crippen LogP contribution in [0.25, 0.3) is 6.08 Å². The first-order chi connectivity index (χ1) is 10.2. The third-order valence-corrected chi connectivity index (χ3v) is 3.74. The van der Waals surface area contributed by atoms with Crippen molar-refractivity contribution in [3.8, 4) is 5.75 Å². The normalized spacial score (nSPS) is 12.5. The Hall–Kier alpha value is -2.02. The van der Waals surface area contributed by atoms with Crippen LogP contribution in [0.3, 0.4) is 0 Å². The minimum atomic E-state index is 0.419. The van der Waals surface area contributed by atoms with Gasteiger partial charge in [0.05, 0.1) is 7.11 Å². The van der Waals surface area contributed by atoms with Gasteiger partial charge in [0, 0.05) is 0 Å². The lowest BCUT2D eigenvalue weighted by Crippen LogP contribution is -1.90. The highest BCUT2D eigenvalue weighted by Gasteiger charge is 2.01. The molecular weight excluding hydrogens is 256 g/mol. The molecule has 0 fully saturated rings. The van der Waals surface area contributed by atoms with Gasteiger partial charge in [-0.2, -0.15) is 0 Å². The fourth-order valence-corrected chi connectivity index (χ4v) is 2.36. The maximum atomic E-state index is 5.17. The lowest BCUT2D eigenvalue weighted by molar-refractivity contribution is 0.415. The highest BCUT2D eigenvalue weighted by atomic mass is 16.5. The van der Waals surface area contributed by atoms with E-state index in [-0.39, 0.29) is 0 Å². The van der Waals surface area contributed by atoms with Crippen LogP contribution >= 0.6 is 0 Å². The molecule has 0 aromatic heterocycles.